The van der Waals surface area contributed by atoms with Crippen molar-refractivity contribution < 1.29 is 4.74 Å². The minimum atomic E-state index is 0.668. The van der Waals surface area contributed by atoms with Crippen molar-refractivity contribution in [1.82, 2.24) is 0 Å². The molecular formula is C19H38OS2. The second-order valence-corrected chi connectivity index (χ2v) is 8.15. The van der Waals surface area contributed by atoms with Crippen LogP contribution in [-0.2, 0) is 4.74 Å². The predicted octanol–water partition coefficient (Wildman–Crippen LogP) is 7.52. The normalized spacial score (nSPS) is 11.1. The maximum absolute atomic E-state index is 5.75. The molecule has 0 saturated carbocycles. The van der Waals surface area contributed by atoms with Crippen LogP contribution in [-0.4, -0.2) is 16.2 Å². The van der Waals surface area contributed by atoms with Gasteiger partial charge in [0.2, 0.25) is 4.38 Å². The SMILES string of the molecule is CCCCCCCCCOC(=S)SC(CCCC)CCCC. The molecule has 0 amide bonds. The summed E-state index contributed by atoms with van der Waals surface area (Å²) in [7, 11) is 0. The lowest BCUT2D eigenvalue weighted by Gasteiger charge is -2.16. The van der Waals surface area contributed by atoms with E-state index in [4.69, 9.17) is 17.0 Å². The monoisotopic (exact) mass is 346 g/mol. The van der Waals surface area contributed by atoms with E-state index in [0.29, 0.717) is 5.25 Å². The van der Waals surface area contributed by atoms with Crippen LogP contribution in [0.5, 0.6) is 0 Å². The van der Waals surface area contributed by atoms with Gasteiger partial charge in [-0.15, -0.1) is 0 Å². The summed E-state index contributed by atoms with van der Waals surface area (Å²) in [4.78, 5) is 0. The van der Waals surface area contributed by atoms with Crippen molar-refractivity contribution in [2.24, 2.45) is 0 Å². The highest BCUT2D eigenvalue weighted by atomic mass is 32.2. The van der Waals surface area contributed by atoms with Gasteiger partial charge in [0.05, 0.1) is 6.61 Å². The Kier molecular flexibility index (Phi) is 17.8. The van der Waals surface area contributed by atoms with E-state index in [1.165, 1.54) is 77.0 Å². The first-order chi connectivity index (χ1) is 10.7. The number of thioether (sulfide) groups is 1. The first-order valence-corrected chi connectivity index (χ1v) is 10.9. The average Bonchev–Trinajstić information content (AvgIpc) is 2.52. The highest BCUT2D eigenvalue weighted by molar-refractivity contribution is 8.23. The smallest absolute Gasteiger partial charge is 0.220 e. The summed E-state index contributed by atoms with van der Waals surface area (Å²) in [6, 6.07) is 0. The van der Waals surface area contributed by atoms with Crippen LogP contribution in [0.2, 0.25) is 0 Å². The van der Waals surface area contributed by atoms with Gasteiger partial charge in [0.25, 0.3) is 0 Å². The topological polar surface area (TPSA) is 9.23 Å². The van der Waals surface area contributed by atoms with Crippen LogP contribution in [0.4, 0.5) is 0 Å². The van der Waals surface area contributed by atoms with E-state index >= 15 is 0 Å². The summed E-state index contributed by atoms with van der Waals surface area (Å²) in [6.45, 7) is 7.60. The van der Waals surface area contributed by atoms with Crippen LogP contribution in [0.25, 0.3) is 0 Å². The Bertz CT molecular complexity index is 236. The molecule has 1 nitrogen and oxygen atoms in total. The standard InChI is InChI=1S/C19H38OS2/c1-4-7-10-11-12-13-14-17-20-19(21)22-18(15-8-5-2)16-9-6-3/h18H,4-17H2,1-3H3. The summed E-state index contributed by atoms with van der Waals surface area (Å²) in [5.41, 5.74) is 0. The molecule has 0 N–H and O–H groups in total. The first-order valence-electron chi connectivity index (χ1n) is 9.57. The molecule has 0 saturated heterocycles. The third kappa shape index (κ3) is 15.1. The number of unbranched alkanes of at least 4 members (excludes halogenated alkanes) is 8. The van der Waals surface area contributed by atoms with Gasteiger partial charge in [0, 0.05) is 5.25 Å². The summed E-state index contributed by atoms with van der Waals surface area (Å²) in [5.74, 6) is 0. The molecule has 0 bridgehead atoms. The molecular weight excluding hydrogens is 308 g/mol. The van der Waals surface area contributed by atoms with Crippen molar-refractivity contribution >= 4 is 28.4 Å². The molecule has 0 aliphatic carbocycles. The quantitative estimate of drug-likeness (QED) is 0.224. The Balaban J connectivity index is 3.62. The van der Waals surface area contributed by atoms with Crippen molar-refractivity contribution in [1.29, 1.82) is 0 Å². The number of hydrogen-bond acceptors (Lipinski definition) is 3. The molecule has 0 radical (unpaired) electrons. The number of thiocarbonyl (C=S) groups is 1. The second-order valence-electron chi connectivity index (χ2n) is 6.24. The van der Waals surface area contributed by atoms with Crippen LogP contribution in [0.1, 0.15) is 104 Å². The van der Waals surface area contributed by atoms with Crippen molar-refractivity contribution in [2.45, 2.75) is 109 Å². The fraction of sp³-hybridized carbons (Fsp3) is 0.947. The molecule has 0 rings (SSSR count). The zero-order valence-corrected chi connectivity index (χ0v) is 16.8. The van der Waals surface area contributed by atoms with Crippen molar-refractivity contribution in [3.8, 4) is 0 Å². The third-order valence-corrected chi connectivity index (χ3v) is 5.51. The third-order valence-electron chi connectivity index (χ3n) is 3.99. The first kappa shape index (κ1) is 22.2. The van der Waals surface area contributed by atoms with E-state index in [0.717, 1.165) is 17.4 Å². The van der Waals surface area contributed by atoms with Crippen molar-refractivity contribution in [2.75, 3.05) is 6.61 Å². The minimum absolute atomic E-state index is 0.668. The molecule has 132 valence electrons. The largest absolute Gasteiger partial charge is 0.479 e. The predicted molar refractivity (Wildman–Crippen MR) is 107 cm³/mol. The summed E-state index contributed by atoms with van der Waals surface area (Å²) >= 11 is 7.22. The van der Waals surface area contributed by atoms with E-state index < -0.39 is 0 Å². The molecule has 0 atom stereocenters. The summed E-state index contributed by atoms with van der Waals surface area (Å²) < 4.78 is 6.54. The molecule has 0 aliphatic heterocycles. The highest BCUT2D eigenvalue weighted by Gasteiger charge is 2.12. The lowest BCUT2D eigenvalue weighted by Crippen LogP contribution is -2.09. The Labute approximate surface area is 149 Å². The summed E-state index contributed by atoms with van der Waals surface area (Å²) in [6.07, 6.45) is 17.0. The highest BCUT2D eigenvalue weighted by Crippen LogP contribution is 2.25. The summed E-state index contributed by atoms with van der Waals surface area (Å²) in [5, 5.41) is 0.668. The van der Waals surface area contributed by atoms with Gasteiger partial charge >= 0.3 is 0 Å². The Morgan fingerprint density at radius 1 is 0.773 bits per heavy atom. The van der Waals surface area contributed by atoms with Crippen LogP contribution in [0.3, 0.4) is 0 Å². The zero-order chi connectivity index (χ0) is 16.5. The Morgan fingerprint density at radius 2 is 1.27 bits per heavy atom. The Morgan fingerprint density at radius 3 is 1.82 bits per heavy atom. The molecule has 0 aromatic carbocycles. The number of hydrogen-bond donors (Lipinski definition) is 0. The van der Waals surface area contributed by atoms with E-state index in [9.17, 15) is 0 Å². The molecule has 0 unspecified atom stereocenters. The minimum Gasteiger partial charge on any atom is -0.479 e. The molecule has 0 heterocycles. The molecule has 22 heavy (non-hydrogen) atoms. The zero-order valence-electron chi connectivity index (χ0n) is 15.2. The molecule has 0 spiro atoms. The second kappa shape index (κ2) is 17.6. The van der Waals surface area contributed by atoms with E-state index in [1.54, 1.807) is 0 Å². The van der Waals surface area contributed by atoms with Crippen molar-refractivity contribution in [3.63, 3.8) is 0 Å². The van der Waals surface area contributed by atoms with Gasteiger partial charge in [0.1, 0.15) is 0 Å². The van der Waals surface area contributed by atoms with E-state index in [1.807, 2.05) is 11.8 Å². The maximum Gasteiger partial charge on any atom is 0.220 e. The van der Waals surface area contributed by atoms with Crippen LogP contribution in [0.15, 0.2) is 0 Å². The van der Waals surface area contributed by atoms with Gasteiger partial charge in [-0.2, -0.15) is 0 Å². The average molecular weight is 347 g/mol. The van der Waals surface area contributed by atoms with Crippen LogP contribution >= 0.6 is 24.0 Å². The molecule has 0 fully saturated rings. The van der Waals surface area contributed by atoms with Crippen LogP contribution < -0.4 is 0 Å². The fourth-order valence-corrected chi connectivity index (χ4v) is 3.99. The van der Waals surface area contributed by atoms with Gasteiger partial charge in [-0.05, 0) is 31.5 Å². The van der Waals surface area contributed by atoms with Gasteiger partial charge in [0.15, 0.2) is 0 Å². The molecule has 0 aliphatic rings. The van der Waals surface area contributed by atoms with Crippen molar-refractivity contribution in [3.05, 3.63) is 0 Å². The van der Waals surface area contributed by atoms with Gasteiger partial charge in [-0.3, -0.25) is 0 Å². The molecule has 0 aromatic rings. The van der Waals surface area contributed by atoms with Gasteiger partial charge < -0.3 is 4.74 Å². The fourth-order valence-electron chi connectivity index (χ4n) is 2.51. The van der Waals surface area contributed by atoms with Gasteiger partial charge in [-0.25, -0.2) is 0 Å². The maximum atomic E-state index is 5.75. The van der Waals surface area contributed by atoms with Crippen LogP contribution in [0, 0.1) is 0 Å². The lowest BCUT2D eigenvalue weighted by molar-refractivity contribution is 0.307. The van der Waals surface area contributed by atoms with E-state index in [-0.39, 0.29) is 0 Å². The van der Waals surface area contributed by atoms with Gasteiger partial charge in [-0.1, -0.05) is 96.7 Å². The number of ether oxygens (including phenoxy) is 1. The molecule has 3 heteroatoms. The number of rotatable bonds is 15. The lowest BCUT2D eigenvalue weighted by atomic mass is 10.1. The Hall–Kier alpha value is 0.240. The molecule has 0 aromatic heterocycles. The van der Waals surface area contributed by atoms with E-state index in [2.05, 4.69) is 20.8 Å².